The maximum absolute atomic E-state index is 12.0. The number of carbonyl (C=O) groups is 1. The molecule has 1 amide bonds. The van der Waals surface area contributed by atoms with Crippen LogP contribution in [0.4, 0.5) is 0 Å². The van der Waals surface area contributed by atoms with Crippen molar-refractivity contribution < 1.29 is 4.79 Å². The van der Waals surface area contributed by atoms with E-state index in [0.29, 0.717) is 18.0 Å². The molecule has 4 saturated carbocycles. The molecule has 4 bridgehead atoms. The molecule has 1 saturated heterocycles. The van der Waals surface area contributed by atoms with E-state index in [9.17, 15) is 4.79 Å². The first kappa shape index (κ1) is 11.3. The summed E-state index contributed by atoms with van der Waals surface area (Å²) in [6, 6.07) is 0. The second kappa shape index (κ2) is 3.96. The second-order valence-electron chi connectivity index (χ2n) is 7.29. The van der Waals surface area contributed by atoms with E-state index in [0.717, 1.165) is 30.8 Å². The number of likely N-dealkylation sites (tertiary alicyclic amines) is 1. The van der Waals surface area contributed by atoms with Gasteiger partial charge in [0.15, 0.2) is 0 Å². The van der Waals surface area contributed by atoms with Gasteiger partial charge < -0.3 is 10.2 Å². The molecule has 5 aliphatic rings. The third-order valence-electron chi connectivity index (χ3n) is 5.86. The summed E-state index contributed by atoms with van der Waals surface area (Å²) in [5, 5.41) is 3.68. The SMILES string of the molecule is O=C(CNC12CC3CC(CC(C3)C1)C2)N1CCC1. The van der Waals surface area contributed by atoms with Gasteiger partial charge in [0, 0.05) is 18.6 Å². The predicted molar refractivity (Wildman–Crippen MR) is 70.1 cm³/mol. The summed E-state index contributed by atoms with van der Waals surface area (Å²) in [6.45, 7) is 2.56. The number of rotatable bonds is 3. The average Bonchev–Trinajstić information content (AvgIpc) is 2.22. The molecule has 1 aliphatic heterocycles. The first-order chi connectivity index (χ1) is 8.72. The Labute approximate surface area is 109 Å². The summed E-state index contributed by atoms with van der Waals surface area (Å²) in [6.07, 6.45) is 9.64. The minimum atomic E-state index is 0.331. The van der Waals surface area contributed by atoms with Crippen LogP contribution in [0.2, 0.25) is 0 Å². The van der Waals surface area contributed by atoms with Gasteiger partial charge in [-0.2, -0.15) is 0 Å². The number of carbonyl (C=O) groups excluding carboxylic acids is 1. The standard InChI is InChI=1S/C15H24N2O/c18-14(17-2-1-3-17)10-16-15-7-11-4-12(8-15)6-13(5-11)9-15/h11-13,16H,1-10H2. The van der Waals surface area contributed by atoms with E-state index in [4.69, 9.17) is 0 Å². The van der Waals surface area contributed by atoms with Gasteiger partial charge in [0.1, 0.15) is 0 Å². The Morgan fingerprint density at radius 1 is 1.06 bits per heavy atom. The van der Waals surface area contributed by atoms with Crippen LogP contribution in [0.3, 0.4) is 0 Å². The minimum absolute atomic E-state index is 0.331. The lowest BCUT2D eigenvalue weighted by molar-refractivity contribution is -0.134. The number of amides is 1. The predicted octanol–water partition coefficient (Wildman–Crippen LogP) is 1.78. The third-order valence-corrected chi connectivity index (χ3v) is 5.86. The van der Waals surface area contributed by atoms with Crippen LogP contribution in [0.15, 0.2) is 0 Å². The Balaban J connectivity index is 1.40. The minimum Gasteiger partial charge on any atom is -0.341 e. The summed E-state index contributed by atoms with van der Waals surface area (Å²) in [5.41, 5.74) is 0.343. The molecule has 18 heavy (non-hydrogen) atoms. The highest BCUT2D eigenvalue weighted by Crippen LogP contribution is 2.55. The largest absolute Gasteiger partial charge is 0.341 e. The Hall–Kier alpha value is -0.570. The lowest BCUT2D eigenvalue weighted by Gasteiger charge is -2.57. The van der Waals surface area contributed by atoms with Gasteiger partial charge in [-0.3, -0.25) is 4.79 Å². The van der Waals surface area contributed by atoms with Crippen LogP contribution in [0.25, 0.3) is 0 Å². The van der Waals surface area contributed by atoms with Gasteiger partial charge >= 0.3 is 0 Å². The highest BCUT2D eigenvalue weighted by atomic mass is 16.2. The van der Waals surface area contributed by atoms with Crippen molar-refractivity contribution in [3.8, 4) is 0 Å². The molecule has 3 heteroatoms. The first-order valence-corrected chi connectivity index (χ1v) is 7.75. The molecule has 0 radical (unpaired) electrons. The van der Waals surface area contributed by atoms with Crippen molar-refractivity contribution in [3.63, 3.8) is 0 Å². The molecule has 0 atom stereocenters. The van der Waals surface area contributed by atoms with E-state index in [1.54, 1.807) is 0 Å². The molecule has 0 aromatic carbocycles. The highest BCUT2D eigenvalue weighted by Gasteiger charge is 2.50. The molecule has 5 fully saturated rings. The van der Waals surface area contributed by atoms with Crippen molar-refractivity contribution >= 4 is 5.91 Å². The zero-order chi connectivity index (χ0) is 12.2. The fourth-order valence-electron chi connectivity index (χ4n) is 5.27. The summed E-state index contributed by atoms with van der Waals surface area (Å²) < 4.78 is 0. The van der Waals surface area contributed by atoms with Crippen molar-refractivity contribution in [1.29, 1.82) is 0 Å². The molecule has 0 aromatic rings. The molecule has 0 spiro atoms. The molecule has 1 N–H and O–H groups in total. The van der Waals surface area contributed by atoms with Crippen LogP contribution in [0, 0.1) is 17.8 Å². The lowest BCUT2D eigenvalue weighted by Crippen LogP contribution is -2.60. The molecule has 4 aliphatic carbocycles. The monoisotopic (exact) mass is 248 g/mol. The molecular formula is C15H24N2O. The van der Waals surface area contributed by atoms with Crippen LogP contribution in [0.5, 0.6) is 0 Å². The van der Waals surface area contributed by atoms with Crippen LogP contribution in [-0.4, -0.2) is 36.0 Å². The van der Waals surface area contributed by atoms with E-state index in [-0.39, 0.29) is 0 Å². The average molecular weight is 248 g/mol. The van der Waals surface area contributed by atoms with Crippen molar-refractivity contribution in [2.24, 2.45) is 17.8 Å². The fourth-order valence-corrected chi connectivity index (χ4v) is 5.27. The van der Waals surface area contributed by atoms with Gasteiger partial charge in [0.05, 0.1) is 6.54 Å². The Morgan fingerprint density at radius 3 is 2.06 bits per heavy atom. The van der Waals surface area contributed by atoms with Gasteiger partial charge in [-0.1, -0.05) is 0 Å². The third kappa shape index (κ3) is 1.78. The molecule has 0 unspecified atom stereocenters. The Bertz CT molecular complexity index is 326. The van der Waals surface area contributed by atoms with E-state index in [1.807, 2.05) is 4.90 Å². The summed E-state index contributed by atoms with van der Waals surface area (Å²) >= 11 is 0. The number of nitrogens with one attached hydrogen (secondary N) is 1. The van der Waals surface area contributed by atoms with E-state index >= 15 is 0 Å². The maximum Gasteiger partial charge on any atom is 0.236 e. The number of hydrogen-bond acceptors (Lipinski definition) is 2. The zero-order valence-corrected chi connectivity index (χ0v) is 11.2. The highest BCUT2D eigenvalue weighted by molar-refractivity contribution is 5.79. The Morgan fingerprint density at radius 2 is 1.61 bits per heavy atom. The quantitative estimate of drug-likeness (QED) is 0.825. The van der Waals surface area contributed by atoms with Gasteiger partial charge in [-0.25, -0.2) is 0 Å². The number of hydrogen-bond donors (Lipinski definition) is 1. The fraction of sp³-hybridized carbons (Fsp3) is 0.933. The van der Waals surface area contributed by atoms with Crippen molar-refractivity contribution in [2.45, 2.75) is 50.5 Å². The van der Waals surface area contributed by atoms with Gasteiger partial charge in [-0.05, 0) is 62.7 Å². The topological polar surface area (TPSA) is 32.3 Å². The first-order valence-electron chi connectivity index (χ1n) is 7.75. The van der Waals surface area contributed by atoms with Gasteiger partial charge in [0.2, 0.25) is 5.91 Å². The Kier molecular flexibility index (Phi) is 2.48. The number of nitrogens with zero attached hydrogens (tertiary/aromatic N) is 1. The molecule has 0 aromatic heterocycles. The summed E-state index contributed by atoms with van der Waals surface area (Å²) in [5.74, 6) is 3.21. The smallest absolute Gasteiger partial charge is 0.236 e. The summed E-state index contributed by atoms with van der Waals surface area (Å²) in [4.78, 5) is 14.0. The normalized spacial score (nSPS) is 45.1. The van der Waals surface area contributed by atoms with Crippen LogP contribution in [-0.2, 0) is 4.79 Å². The molecular weight excluding hydrogens is 224 g/mol. The molecule has 1 heterocycles. The van der Waals surface area contributed by atoms with E-state index in [2.05, 4.69) is 5.32 Å². The van der Waals surface area contributed by atoms with Crippen molar-refractivity contribution in [2.75, 3.05) is 19.6 Å². The zero-order valence-electron chi connectivity index (χ0n) is 11.2. The molecule has 3 nitrogen and oxygen atoms in total. The van der Waals surface area contributed by atoms with Crippen LogP contribution >= 0.6 is 0 Å². The van der Waals surface area contributed by atoms with E-state index < -0.39 is 0 Å². The maximum atomic E-state index is 12.0. The van der Waals surface area contributed by atoms with Crippen LogP contribution in [0.1, 0.15) is 44.9 Å². The van der Waals surface area contributed by atoms with Gasteiger partial charge in [0.25, 0.3) is 0 Å². The van der Waals surface area contributed by atoms with Crippen LogP contribution < -0.4 is 5.32 Å². The molecule has 5 rings (SSSR count). The van der Waals surface area contributed by atoms with Gasteiger partial charge in [-0.15, -0.1) is 0 Å². The van der Waals surface area contributed by atoms with E-state index in [1.165, 1.54) is 44.9 Å². The van der Waals surface area contributed by atoms with Crippen molar-refractivity contribution in [1.82, 2.24) is 10.2 Å². The second-order valence-corrected chi connectivity index (χ2v) is 7.29. The van der Waals surface area contributed by atoms with Crippen molar-refractivity contribution in [3.05, 3.63) is 0 Å². The molecule has 100 valence electrons. The summed E-state index contributed by atoms with van der Waals surface area (Å²) in [7, 11) is 0. The lowest BCUT2D eigenvalue weighted by atomic mass is 9.53.